The van der Waals surface area contributed by atoms with E-state index in [1.807, 2.05) is 0 Å². The van der Waals surface area contributed by atoms with E-state index in [1.165, 1.54) is 6.07 Å². The molecule has 3 aromatic rings. The fourth-order valence-corrected chi connectivity index (χ4v) is 2.20. The Morgan fingerprint density at radius 3 is 2.54 bits per heavy atom. The third-order valence-corrected chi connectivity index (χ3v) is 3.54. The number of rotatable bonds is 3. The van der Waals surface area contributed by atoms with Crippen molar-refractivity contribution in [2.24, 2.45) is 0 Å². The van der Waals surface area contributed by atoms with Crippen molar-refractivity contribution in [3.63, 3.8) is 0 Å². The van der Waals surface area contributed by atoms with Crippen molar-refractivity contribution in [3.05, 3.63) is 46.7 Å². The summed E-state index contributed by atoms with van der Waals surface area (Å²) in [5.74, 6) is -0.797. The van der Waals surface area contributed by atoms with Crippen LogP contribution in [0.5, 0.6) is 0 Å². The molecule has 1 aromatic carbocycles. The van der Waals surface area contributed by atoms with Crippen molar-refractivity contribution in [3.8, 4) is 0 Å². The minimum absolute atomic E-state index is 0.00341. The standard InChI is InChI=1S/C16H15FN4O3/c1-7-8(2)19-14-12(5-11(17)6-13(14)18-7)16(22)23-9(3)15-21-20-10(4)24-15/h5-6,9H,1-4H3/t9-/m0/s1. The molecule has 0 saturated heterocycles. The van der Waals surface area contributed by atoms with E-state index in [0.29, 0.717) is 28.3 Å². The largest absolute Gasteiger partial charge is 0.449 e. The lowest BCUT2D eigenvalue weighted by Crippen LogP contribution is -2.12. The first-order valence-electron chi connectivity index (χ1n) is 7.30. The normalized spacial score (nSPS) is 12.4. The van der Waals surface area contributed by atoms with Gasteiger partial charge < -0.3 is 9.15 Å². The summed E-state index contributed by atoms with van der Waals surface area (Å²) >= 11 is 0. The highest BCUT2D eigenvalue weighted by Gasteiger charge is 2.22. The number of nitrogens with zero attached hydrogens (tertiary/aromatic N) is 4. The lowest BCUT2D eigenvalue weighted by molar-refractivity contribution is 0.0278. The highest BCUT2D eigenvalue weighted by atomic mass is 19.1. The van der Waals surface area contributed by atoms with Crippen molar-refractivity contribution >= 4 is 17.0 Å². The molecule has 0 N–H and O–H groups in total. The number of carbonyl (C=O) groups excluding carboxylic acids is 1. The molecule has 7 nitrogen and oxygen atoms in total. The predicted molar refractivity (Wildman–Crippen MR) is 81.8 cm³/mol. The van der Waals surface area contributed by atoms with Crippen LogP contribution in [-0.4, -0.2) is 26.1 Å². The SMILES string of the molecule is Cc1nnc([C@H](C)OC(=O)c2cc(F)cc3nc(C)c(C)nc23)o1. The Bertz CT molecular complexity index is 938. The molecule has 0 spiro atoms. The van der Waals surface area contributed by atoms with Crippen LogP contribution in [0.25, 0.3) is 11.0 Å². The number of aryl methyl sites for hydroxylation is 3. The molecule has 0 bridgehead atoms. The minimum Gasteiger partial charge on any atom is -0.449 e. The molecule has 124 valence electrons. The first-order chi connectivity index (χ1) is 11.3. The maximum Gasteiger partial charge on any atom is 0.341 e. The van der Waals surface area contributed by atoms with E-state index in [4.69, 9.17) is 9.15 Å². The van der Waals surface area contributed by atoms with Gasteiger partial charge in [-0.05, 0) is 26.8 Å². The number of ether oxygens (including phenoxy) is 1. The highest BCUT2D eigenvalue weighted by molar-refractivity contribution is 6.01. The van der Waals surface area contributed by atoms with Crippen LogP contribution < -0.4 is 0 Å². The lowest BCUT2D eigenvalue weighted by atomic mass is 10.1. The van der Waals surface area contributed by atoms with E-state index in [9.17, 15) is 9.18 Å². The van der Waals surface area contributed by atoms with Crippen LogP contribution in [-0.2, 0) is 4.74 Å². The van der Waals surface area contributed by atoms with E-state index in [2.05, 4.69) is 20.2 Å². The van der Waals surface area contributed by atoms with Gasteiger partial charge in [0.15, 0.2) is 6.10 Å². The Morgan fingerprint density at radius 1 is 1.17 bits per heavy atom. The molecule has 1 atom stereocenters. The van der Waals surface area contributed by atoms with Gasteiger partial charge in [-0.15, -0.1) is 10.2 Å². The van der Waals surface area contributed by atoms with Crippen molar-refractivity contribution < 1.29 is 18.3 Å². The summed E-state index contributed by atoms with van der Waals surface area (Å²) in [6.07, 6.45) is -0.767. The highest BCUT2D eigenvalue weighted by Crippen LogP contribution is 2.23. The molecule has 24 heavy (non-hydrogen) atoms. The molecule has 0 radical (unpaired) electrons. The van der Waals surface area contributed by atoms with Gasteiger partial charge in [-0.2, -0.15) is 0 Å². The number of esters is 1. The van der Waals surface area contributed by atoms with Crippen LogP contribution in [0, 0.1) is 26.6 Å². The maximum atomic E-state index is 13.8. The van der Waals surface area contributed by atoms with Crippen LogP contribution >= 0.6 is 0 Å². The summed E-state index contributed by atoms with van der Waals surface area (Å²) in [5, 5.41) is 7.48. The monoisotopic (exact) mass is 330 g/mol. The van der Waals surface area contributed by atoms with Crippen LogP contribution in [0.15, 0.2) is 16.5 Å². The topological polar surface area (TPSA) is 91.0 Å². The quantitative estimate of drug-likeness (QED) is 0.682. The Hall–Kier alpha value is -2.90. The number of benzene rings is 1. The van der Waals surface area contributed by atoms with Crippen LogP contribution in [0.4, 0.5) is 4.39 Å². The van der Waals surface area contributed by atoms with Gasteiger partial charge in [0.05, 0.1) is 22.5 Å². The fourth-order valence-electron chi connectivity index (χ4n) is 2.20. The maximum absolute atomic E-state index is 13.8. The summed E-state index contributed by atoms with van der Waals surface area (Å²) < 4.78 is 24.4. The van der Waals surface area contributed by atoms with E-state index in [1.54, 1.807) is 27.7 Å². The average Bonchev–Trinajstić information content (AvgIpc) is 2.95. The summed E-state index contributed by atoms with van der Waals surface area (Å²) in [5.41, 5.74) is 1.92. The molecule has 8 heteroatoms. The fraction of sp³-hybridized carbons (Fsp3) is 0.312. The summed E-state index contributed by atoms with van der Waals surface area (Å²) in [7, 11) is 0. The molecule has 3 rings (SSSR count). The molecule has 0 saturated carbocycles. The zero-order chi connectivity index (χ0) is 17.4. The number of fused-ring (bicyclic) bond motifs is 1. The Labute approximate surface area is 136 Å². The Morgan fingerprint density at radius 2 is 1.88 bits per heavy atom. The van der Waals surface area contributed by atoms with E-state index >= 15 is 0 Å². The van der Waals surface area contributed by atoms with Gasteiger partial charge in [0, 0.05) is 13.0 Å². The third kappa shape index (κ3) is 2.94. The number of halogens is 1. The summed E-state index contributed by atoms with van der Waals surface area (Å²) in [6, 6.07) is 2.32. The molecular weight excluding hydrogens is 315 g/mol. The number of hydrogen-bond donors (Lipinski definition) is 0. The smallest absolute Gasteiger partial charge is 0.341 e. The van der Waals surface area contributed by atoms with Crippen LogP contribution in [0.1, 0.15) is 46.6 Å². The molecule has 0 amide bonds. The van der Waals surface area contributed by atoms with Gasteiger partial charge in [-0.1, -0.05) is 0 Å². The van der Waals surface area contributed by atoms with E-state index < -0.39 is 17.9 Å². The second-order valence-electron chi connectivity index (χ2n) is 5.42. The van der Waals surface area contributed by atoms with Crippen molar-refractivity contribution in [2.45, 2.75) is 33.8 Å². The van der Waals surface area contributed by atoms with Gasteiger partial charge in [0.1, 0.15) is 11.3 Å². The number of aromatic nitrogens is 4. The van der Waals surface area contributed by atoms with E-state index in [-0.39, 0.29) is 11.5 Å². The zero-order valence-corrected chi connectivity index (χ0v) is 13.6. The molecule has 0 fully saturated rings. The van der Waals surface area contributed by atoms with Crippen LogP contribution in [0.2, 0.25) is 0 Å². The molecule has 2 aromatic heterocycles. The van der Waals surface area contributed by atoms with E-state index in [0.717, 1.165) is 6.07 Å². The Kier molecular flexibility index (Phi) is 3.96. The predicted octanol–water partition coefficient (Wildman–Crippen LogP) is 3.00. The Balaban J connectivity index is 1.98. The molecule has 0 aliphatic carbocycles. The molecular formula is C16H15FN4O3. The van der Waals surface area contributed by atoms with Crippen molar-refractivity contribution in [2.75, 3.05) is 0 Å². The lowest BCUT2D eigenvalue weighted by Gasteiger charge is -2.11. The third-order valence-electron chi connectivity index (χ3n) is 3.54. The summed E-state index contributed by atoms with van der Waals surface area (Å²) in [4.78, 5) is 21.1. The average molecular weight is 330 g/mol. The van der Waals surface area contributed by atoms with Gasteiger partial charge in [-0.3, -0.25) is 0 Å². The number of carbonyl (C=O) groups is 1. The second kappa shape index (κ2) is 5.95. The summed E-state index contributed by atoms with van der Waals surface area (Å²) in [6.45, 7) is 6.76. The first kappa shape index (κ1) is 16.0. The van der Waals surface area contributed by atoms with Crippen LogP contribution in [0.3, 0.4) is 0 Å². The van der Waals surface area contributed by atoms with Gasteiger partial charge in [0.2, 0.25) is 5.89 Å². The first-order valence-corrected chi connectivity index (χ1v) is 7.30. The molecule has 0 aliphatic heterocycles. The zero-order valence-electron chi connectivity index (χ0n) is 13.6. The molecule has 0 aliphatic rings. The minimum atomic E-state index is -0.767. The van der Waals surface area contributed by atoms with Gasteiger partial charge in [-0.25, -0.2) is 19.2 Å². The molecule has 0 unspecified atom stereocenters. The van der Waals surface area contributed by atoms with Crippen molar-refractivity contribution in [1.82, 2.24) is 20.2 Å². The van der Waals surface area contributed by atoms with Gasteiger partial charge >= 0.3 is 5.97 Å². The molecule has 2 heterocycles. The second-order valence-corrected chi connectivity index (χ2v) is 5.42. The van der Waals surface area contributed by atoms with Gasteiger partial charge in [0.25, 0.3) is 5.89 Å². The van der Waals surface area contributed by atoms with Crippen molar-refractivity contribution in [1.29, 1.82) is 0 Å². The number of hydrogen-bond acceptors (Lipinski definition) is 7.